The molecule has 0 aliphatic heterocycles. The average Bonchev–Trinajstić information content (AvgIpc) is 2.28. The molecule has 0 radical (unpaired) electrons. The standard InChI is InChI=1S/C11H14FN3OS/c1-7(10(13)17)6-15(2)11(16)9-4-3-8(12)5-14-9/h3-5,7H,6H2,1-2H3,(H2,13,17). The number of carbonyl (C=O) groups excluding carboxylic acids is 1. The van der Waals surface area contributed by atoms with Crippen LogP contribution in [-0.2, 0) is 0 Å². The van der Waals surface area contributed by atoms with Crippen LogP contribution in [0.2, 0.25) is 0 Å². The van der Waals surface area contributed by atoms with Gasteiger partial charge in [0.05, 0.1) is 11.2 Å². The molecule has 1 unspecified atom stereocenters. The van der Waals surface area contributed by atoms with Crippen LogP contribution in [0.15, 0.2) is 18.3 Å². The van der Waals surface area contributed by atoms with Crippen molar-refractivity contribution in [3.05, 3.63) is 29.8 Å². The first-order valence-electron chi connectivity index (χ1n) is 5.08. The second-order valence-corrected chi connectivity index (χ2v) is 4.32. The number of hydrogen-bond donors (Lipinski definition) is 1. The van der Waals surface area contributed by atoms with Crippen molar-refractivity contribution < 1.29 is 9.18 Å². The second kappa shape index (κ2) is 5.67. The normalized spacial score (nSPS) is 11.9. The van der Waals surface area contributed by atoms with Gasteiger partial charge < -0.3 is 10.6 Å². The van der Waals surface area contributed by atoms with Crippen molar-refractivity contribution in [1.29, 1.82) is 0 Å². The summed E-state index contributed by atoms with van der Waals surface area (Å²) in [5, 5.41) is 0. The first-order valence-corrected chi connectivity index (χ1v) is 5.49. The lowest BCUT2D eigenvalue weighted by Gasteiger charge is -2.20. The van der Waals surface area contributed by atoms with E-state index in [1.165, 1.54) is 17.0 Å². The van der Waals surface area contributed by atoms with Crippen LogP contribution in [0.3, 0.4) is 0 Å². The molecule has 0 aromatic carbocycles. The Balaban J connectivity index is 2.70. The van der Waals surface area contributed by atoms with E-state index in [0.29, 0.717) is 11.5 Å². The molecule has 0 fully saturated rings. The zero-order chi connectivity index (χ0) is 13.0. The number of aromatic nitrogens is 1. The third-order valence-electron chi connectivity index (χ3n) is 2.33. The van der Waals surface area contributed by atoms with E-state index in [0.717, 1.165) is 6.20 Å². The molecular weight excluding hydrogens is 241 g/mol. The van der Waals surface area contributed by atoms with Crippen LogP contribution in [-0.4, -0.2) is 34.4 Å². The summed E-state index contributed by atoms with van der Waals surface area (Å²) in [6, 6.07) is 2.55. The maximum Gasteiger partial charge on any atom is 0.272 e. The van der Waals surface area contributed by atoms with E-state index < -0.39 is 5.82 Å². The number of carbonyl (C=O) groups is 1. The van der Waals surface area contributed by atoms with E-state index >= 15 is 0 Å². The predicted octanol–water partition coefficient (Wildman–Crippen LogP) is 1.21. The van der Waals surface area contributed by atoms with Gasteiger partial charge in [-0.15, -0.1) is 0 Å². The van der Waals surface area contributed by atoms with Gasteiger partial charge in [0.1, 0.15) is 11.5 Å². The van der Waals surface area contributed by atoms with E-state index in [1.807, 2.05) is 6.92 Å². The third kappa shape index (κ3) is 3.74. The zero-order valence-electron chi connectivity index (χ0n) is 9.68. The molecule has 0 aliphatic carbocycles. The Bertz CT molecular complexity index is 421. The number of amides is 1. The van der Waals surface area contributed by atoms with Gasteiger partial charge in [-0.25, -0.2) is 9.37 Å². The van der Waals surface area contributed by atoms with Gasteiger partial charge in [-0.2, -0.15) is 0 Å². The maximum absolute atomic E-state index is 12.6. The van der Waals surface area contributed by atoms with Gasteiger partial charge in [0.15, 0.2) is 0 Å². The highest BCUT2D eigenvalue weighted by Crippen LogP contribution is 2.05. The summed E-state index contributed by atoms with van der Waals surface area (Å²) < 4.78 is 12.6. The minimum Gasteiger partial charge on any atom is -0.393 e. The quantitative estimate of drug-likeness (QED) is 0.822. The zero-order valence-corrected chi connectivity index (χ0v) is 10.5. The molecule has 0 bridgehead atoms. The number of nitrogens with zero attached hydrogens (tertiary/aromatic N) is 2. The molecule has 1 rings (SSSR count). The van der Waals surface area contributed by atoms with Crippen LogP contribution in [0.4, 0.5) is 4.39 Å². The van der Waals surface area contributed by atoms with Gasteiger partial charge in [0, 0.05) is 19.5 Å². The van der Waals surface area contributed by atoms with Gasteiger partial charge in [0.25, 0.3) is 5.91 Å². The molecule has 1 aromatic heterocycles. The van der Waals surface area contributed by atoms with Gasteiger partial charge in [-0.1, -0.05) is 19.1 Å². The minimum absolute atomic E-state index is 0.0700. The number of thiocarbonyl (C=S) groups is 1. The van der Waals surface area contributed by atoms with Gasteiger partial charge in [0.2, 0.25) is 0 Å². The number of halogens is 1. The molecule has 92 valence electrons. The SMILES string of the molecule is CC(CN(C)C(=O)c1ccc(F)cn1)C(N)=S. The number of rotatable bonds is 4. The molecule has 4 nitrogen and oxygen atoms in total. The molecule has 1 amide bonds. The van der Waals surface area contributed by atoms with Crippen molar-refractivity contribution in [2.45, 2.75) is 6.92 Å². The summed E-state index contributed by atoms with van der Waals surface area (Å²) in [4.78, 5) is 17.4. The minimum atomic E-state index is -0.472. The summed E-state index contributed by atoms with van der Waals surface area (Å²) in [6.07, 6.45) is 1.01. The van der Waals surface area contributed by atoms with Crippen molar-refractivity contribution in [2.75, 3.05) is 13.6 Å². The topological polar surface area (TPSA) is 59.2 Å². The highest BCUT2D eigenvalue weighted by Gasteiger charge is 2.16. The number of hydrogen-bond acceptors (Lipinski definition) is 3. The first-order chi connectivity index (χ1) is 7.91. The van der Waals surface area contributed by atoms with Crippen molar-refractivity contribution in [3.8, 4) is 0 Å². The molecule has 1 atom stereocenters. The predicted molar refractivity (Wildman–Crippen MR) is 67.1 cm³/mol. The molecular formula is C11H14FN3OS. The Morgan fingerprint density at radius 2 is 2.29 bits per heavy atom. The number of pyridine rings is 1. The monoisotopic (exact) mass is 255 g/mol. The van der Waals surface area contributed by atoms with E-state index in [2.05, 4.69) is 4.98 Å². The fourth-order valence-electron chi connectivity index (χ4n) is 1.28. The van der Waals surface area contributed by atoms with E-state index in [-0.39, 0.29) is 17.5 Å². The Morgan fingerprint density at radius 1 is 1.65 bits per heavy atom. The smallest absolute Gasteiger partial charge is 0.272 e. The summed E-state index contributed by atoms with van der Waals surface area (Å²) >= 11 is 4.83. The van der Waals surface area contributed by atoms with E-state index in [4.69, 9.17) is 18.0 Å². The summed E-state index contributed by atoms with van der Waals surface area (Å²) in [5.41, 5.74) is 5.67. The highest BCUT2D eigenvalue weighted by molar-refractivity contribution is 7.80. The van der Waals surface area contributed by atoms with Crippen LogP contribution in [0.25, 0.3) is 0 Å². The fourth-order valence-corrected chi connectivity index (χ4v) is 1.36. The Morgan fingerprint density at radius 3 is 2.76 bits per heavy atom. The molecule has 0 spiro atoms. The highest BCUT2D eigenvalue weighted by atomic mass is 32.1. The molecule has 2 N–H and O–H groups in total. The first kappa shape index (κ1) is 13.5. The lowest BCUT2D eigenvalue weighted by atomic mass is 10.1. The molecule has 0 aliphatic rings. The van der Waals surface area contributed by atoms with Gasteiger partial charge in [-0.05, 0) is 12.1 Å². The van der Waals surface area contributed by atoms with Crippen LogP contribution in [0.5, 0.6) is 0 Å². The van der Waals surface area contributed by atoms with Crippen molar-refractivity contribution in [1.82, 2.24) is 9.88 Å². The van der Waals surface area contributed by atoms with Gasteiger partial charge >= 0.3 is 0 Å². The molecule has 17 heavy (non-hydrogen) atoms. The summed E-state index contributed by atoms with van der Waals surface area (Å²) in [6.45, 7) is 2.25. The Kier molecular flexibility index (Phi) is 4.51. The Hall–Kier alpha value is -1.56. The maximum atomic E-state index is 12.6. The molecule has 0 saturated heterocycles. The van der Waals surface area contributed by atoms with E-state index in [9.17, 15) is 9.18 Å². The van der Waals surface area contributed by atoms with Crippen molar-refractivity contribution >= 4 is 23.1 Å². The molecule has 1 aromatic rings. The molecule has 0 saturated carbocycles. The molecule has 1 heterocycles. The average molecular weight is 255 g/mol. The second-order valence-electron chi connectivity index (χ2n) is 3.85. The van der Waals surface area contributed by atoms with Crippen LogP contribution in [0, 0.1) is 11.7 Å². The summed E-state index contributed by atoms with van der Waals surface area (Å²) in [5.74, 6) is -0.826. The third-order valence-corrected chi connectivity index (χ3v) is 2.73. The fraction of sp³-hybridized carbons (Fsp3) is 0.364. The van der Waals surface area contributed by atoms with Crippen molar-refractivity contribution in [3.63, 3.8) is 0 Å². The van der Waals surface area contributed by atoms with Crippen LogP contribution < -0.4 is 5.73 Å². The lowest BCUT2D eigenvalue weighted by molar-refractivity contribution is 0.0781. The van der Waals surface area contributed by atoms with Gasteiger partial charge in [-0.3, -0.25) is 4.79 Å². The van der Waals surface area contributed by atoms with E-state index in [1.54, 1.807) is 7.05 Å². The van der Waals surface area contributed by atoms with Crippen LogP contribution in [0.1, 0.15) is 17.4 Å². The lowest BCUT2D eigenvalue weighted by Crippen LogP contribution is -2.35. The van der Waals surface area contributed by atoms with Crippen LogP contribution >= 0.6 is 12.2 Å². The number of nitrogens with two attached hydrogens (primary N) is 1. The van der Waals surface area contributed by atoms with Crippen molar-refractivity contribution in [2.24, 2.45) is 11.7 Å². The Labute approximate surface area is 105 Å². The summed E-state index contributed by atoms with van der Waals surface area (Å²) in [7, 11) is 1.63. The molecule has 6 heteroatoms. The largest absolute Gasteiger partial charge is 0.393 e.